The zero-order valence-corrected chi connectivity index (χ0v) is 25.9. The smallest absolute Gasteiger partial charge is 0.255 e. The predicted molar refractivity (Wildman–Crippen MR) is 158 cm³/mol. The SMILES string of the molecule is CCN1CCN(C(=O)[C@H]2CCCN2C(=O)[C@@H](CC(C)C)NC(=O)c2ccccc2OCc2noc(C(C)(C)C)n2)CC1. The summed E-state index contributed by atoms with van der Waals surface area (Å²) in [7, 11) is 0. The van der Waals surface area contributed by atoms with Crippen molar-refractivity contribution in [1.82, 2.24) is 30.2 Å². The van der Waals surface area contributed by atoms with Crippen molar-refractivity contribution >= 4 is 17.7 Å². The van der Waals surface area contributed by atoms with Crippen LogP contribution in [-0.2, 0) is 21.6 Å². The Morgan fingerprint density at radius 1 is 1.10 bits per heavy atom. The monoisotopic (exact) mass is 582 g/mol. The summed E-state index contributed by atoms with van der Waals surface area (Å²) >= 11 is 0. The van der Waals surface area contributed by atoms with Crippen molar-refractivity contribution in [3.05, 3.63) is 41.5 Å². The first kappa shape index (κ1) is 31.5. The molecular weight excluding hydrogens is 536 g/mol. The van der Waals surface area contributed by atoms with Crippen molar-refractivity contribution in [1.29, 1.82) is 0 Å². The molecule has 0 bridgehead atoms. The molecule has 3 heterocycles. The van der Waals surface area contributed by atoms with Crippen molar-refractivity contribution in [2.24, 2.45) is 5.92 Å². The molecule has 0 spiro atoms. The second kappa shape index (κ2) is 13.7. The van der Waals surface area contributed by atoms with Crippen LogP contribution in [0.2, 0.25) is 0 Å². The predicted octanol–water partition coefficient (Wildman–Crippen LogP) is 3.25. The number of rotatable bonds is 10. The number of nitrogens with zero attached hydrogens (tertiary/aromatic N) is 5. The van der Waals surface area contributed by atoms with E-state index in [1.165, 1.54) is 0 Å². The standard InChI is InChI=1S/C31H46N6O5/c1-7-35-15-17-36(18-16-35)29(40)24-12-10-14-37(24)28(39)23(19-21(2)3)32-27(38)22-11-8-9-13-25(22)41-20-26-33-30(42-34-26)31(4,5)6/h8-9,11,13,21,23-24H,7,10,12,14-20H2,1-6H3,(H,32,38)/t23-,24-/m1/s1. The number of nitrogens with one attached hydrogen (secondary N) is 1. The highest BCUT2D eigenvalue weighted by Crippen LogP contribution is 2.25. The minimum Gasteiger partial charge on any atom is -0.485 e. The van der Waals surface area contributed by atoms with Crippen LogP contribution in [0.4, 0.5) is 0 Å². The highest BCUT2D eigenvalue weighted by atomic mass is 16.5. The van der Waals surface area contributed by atoms with Gasteiger partial charge in [0.15, 0.2) is 6.61 Å². The number of hydrogen-bond donors (Lipinski definition) is 1. The summed E-state index contributed by atoms with van der Waals surface area (Å²) in [5, 5.41) is 6.95. The first-order chi connectivity index (χ1) is 20.0. The summed E-state index contributed by atoms with van der Waals surface area (Å²) in [5.74, 6) is 0.785. The second-order valence-corrected chi connectivity index (χ2v) is 12.7. The van der Waals surface area contributed by atoms with Gasteiger partial charge in [0.1, 0.15) is 17.8 Å². The van der Waals surface area contributed by atoms with E-state index in [1.807, 2.05) is 39.5 Å². The Morgan fingerprint density at radius 3 is 2.45 bits per heavy atom. The fourth-order valence-electron chi connectivity index (χ4n) is 5.45. The minimum absolute atomic E-state index is 0.0149. The fraction of sp³-hybridized carbons (Fsp3) is 0.645. The molecule has 11 heteroatoms. The maximum atomic E-state index is 13.9. The number of carbonyl (C=O) groups is 3. The highest BCUT2D eigenvalue weighted by molar-refractivity contribution is 6.00. The number of ether oxygens (including phenoxy) is 1. The zero-order valence-electron chi connectivity index (χ0n) is 25.9. The van der Waals surface area contributed by atoms with Crippen LogP contribution in [0, 0.1) is 5.92 Å². The molecule has 1 aromatic carbocycles. The van der Waals surface area contributed by atoms with Gasteiger partial charge in [0, 0.05) is 38.1 Å². The largest absolute Gasteiger partial charge is 0.485 e. The molecular formula is C31H46N6O5. The first-order valence-electron chi connectivity index (χ1n) is 15.1. The molecule has 0 unspecified atom stereocenters. The average Bonchev–Trinajstić information content (AvgIpc) is 3.65. The van der Waals surface area contributed by atoms with Crippen molar-refractivity contribution in [2.75, 3.05) is 39.3 Å². The number of piperazine rings is 1. The van der Waals surface area contributed by atoms with Gasteiger partial charge in [-0.2, -0.15) is 4.98 Å². The Kier molecular flexibility index (Phi) is 10.2. The number of para-hydroxylation sites is 1. The van der Waals surface area contributed by atoms with Gasteiger partial charge < -0.3 is 29.3 Å². The van der Waals surface area contributed by atoms with Gasteiger partial charge in [0.05, 0.1) is 5.56 Å². The first-order valence-corrected chi connectivity index (χ1v) is 15.1. The van der Waals surface area contributed by atoms with E-state index in [4.69, 9.17) is 9.26 Å². The quantitative estimate of drug-likeness (QED) is 0.453. The Bertz CT molecular complexity index is 1230. The van der Waals surface area contributed by atoms with Gasteiger partial charge >= 0.3 is 0 Å². The third kappa shape index (κ3) is 7.67. The lowest BCUT2D eigenvalue weighted by atomic mass is 9.97. The Morgan fingerprint density at radius 2 is 1.81 bits per heavy atom. The molecule has 2 aromatic rings. The number of aromatic nitrogens is 2. The molecule has 2 aliphatic heterocycles. The minimum atomic E-state index is -0.762. The van der Waals surface area contributed by atoms with Gasteiger partial charge in [-0.25, -0.2) is 0 Å². The van der Waals surface area contributed by atoms with Gasteiger partial charge in [-0.15, -0.1) is 0 Å². The lowest BCUT2D eigenvalue weighted by molar-refractivity contribution is -0.146. The molecule has 1 N–H and O–H groups in total. The molecule has 230 valence electrons. The number of likely N-dealkylation sites (N-methyl/N-ethyl adjacent to an activating group) is 1. The number of amides is 3. The number of likely N-dealkylation sites (tertiary alicyclic amines) is 1. The third-order valence-corrected chi connectivity index (χ3v) is 7.86. The number of carbonyl (C=O) groups excluding carboxylic acids is 3. The lowest BCUT2D eigenvalue weighted by Crippen LogP contribution is -2.57. The van der Waals surface area contributed by atoms with E-state index < -0.39 is 18.0 Å². The maximum Gasteiger partial charge on any atom is 0.255 e. The molecule has 3 amide bonds. The van der Waals surface area contributed by atoms with Gasteiger partial charge in [0.25, 0.3) is 5.91 Å². The van der Waals surface area contributed by atoms with E-state index in [0.717, 1.165) is 26.1 Å². The summed E-state index contributed by atoms with van der Waals surface area (Å²) in [5.41, 5.74) is 0.0192. The van der Waals surface area contributed by atoms with Crippen LogP contribution in [0.15, 0.2) is 28.8 Å². The highest BCUT2D eigenvalue weighted by Gasteiger charge is 2.40. The summed E-state index contributed by atoms with van der Waals surface area (Å²) < 4.78 is 11.3. The molecule has 2 atom stereocenters. The zero-order chi connectivity index (χ0) is 30.4. The van der Waals surface area contributed by atoms with Crippen molar-refractivity contribution in [2.45, 2.75) is 84.9 Å². The summed E-state index contributed by atoms with van der Waals surface area (Å²) in [6.45, 7) is 16.6. The van der Waals surface area contributed by atoms with E-state index >= 15 is 0 Å². The van der Waals surface area contributed by atoms with E-state index in [0.29, 0.717) is 55.5 Å². The van der Waals surface area contributed by atoms with E-state index in [9.17, 15) is 14.4 Å². The fourth-order valence-corrected chi connectivity index (χ4v) is 5.45. The van der Waals surface area contributed by atoms with Crippen LogP contribution in [-0.4, -0.2) is 93.9 Å². The molecule has 0 saturated carbocycles. The number of hydrogen-bond acceptors (Lipinski definition) is 8. The van der Waals surface area contributed by atoms with Gasteiger partial charge in [-0.3, -0.25) is 14.4 Å². The van der Waals surface area contributed by atoms with Crippen molar-refractivity contribution < 1.29 is 23.6 Å². The van der Waals surface area contributed by atoms with Crippen LogP contribution >= 0.6 is 0 Å². The second-order valence-electron chi connectivity index (χ2n) is 12.7. The molecule has 2 fully saturated rings. The maximum absolute atomic E-state index is 13.9. The van der Waals surface area contributed by atoms with Gasteiger partial charge in [0.2, 0.25) is 23.5 Å². The van der Waals surface area contributed by atoms with Crippen LogP contribution < -0.4 is 10.1 Å². The normalized spacial score (nSPS) is 18.8. The van der Waals surface area contributed by atoms with Gasteiger partial charge in [-0.05, 0) is 43.9 Å². The van der Waals surface area contributed by atoms with Crippen molar-refractivity contribution in [3.63, 3.8) is 0 Å². The molecule has 0 aliphatic carbocycles. The van der Waals surface area contributed by atoms with E-state index in [1.54, 1.807) is 29.2 Å². The molecule has 0 radical (unpaired) electrons. The van der Waals surface area contributed by atoms with E-state index in [2.05, 4.69) is 27.3 Å². The third-order valence-electron chi connectivity index (χ3n) is 7.86. The van der Waals surface area contributed by atoms with E-state index in [-0.39, 0.29) is 29.8 Å². The summed E-state index contributed by atoms with van der Waals surface area (Å²) in [4.78, 5) is 51.2. The topological polar surface area (TPSA) is 121 Å². The van der Waals surface area contributed by atoms with Crippen LogP contribution in [0.5, 0.6) is 5.75 Å². The Hall–Kier alpha value is -3.47. The van der Waals surface area contributed by atoms with Crippen molar-refractivity contribution in [3.8, 4) is 5.75 Å². The molecule has 1 aromatic heterocycles. The number of benzene rings is 1. The summed E-state index contributed by atoms with van der Waals surface area (Å²) in [6, 6.07) is 5.65. The molecule has 4 rings (SSSR count). The molecule has 42 heavy (non-hydrogen) atoms. The Labute approximate surface area is 248 Å². The van der Waals surface area contributed by atoms with Crippen LogP contribution in [0.1, 0.15) is 82.9 Å². The summed E-state index contributed by atoms with van der Waals surface area (Å²) in [6.07, 6.45) is 1.87. The van der Waals surface area contributed by atoms with Crippen LogP contribution in [0.25, 0.3) is 0 Å². The van der Waals surface area contributed by atoms with Gasteiger partial charge in [-0.1, -0.05) is 58.8 Å². The molecule has 11 nitrogen and oxygen atoms in total. The molecule has 2 aliphatic rings. The lowest BCUT2D eigenvalue weighted by Gasteiger charge is -2.37. The molecule has 2 saturated heterocycles. The van der Waals surface area contributed by atoms with Crippen LogP contribution in [0.3, 0.4) is 0 Å². The average molecular weight is 583 g/mol. The Balaban J connectivity index is 1.44.